The first-order valence-corrected chi connectivity index (χ1v) is 5.06. The van der Waals surface area contributed by atoms with Gasteiger partial charge in [-0.15, -0.1) is 0 Å². The van der Waals surface area contributed by atoms with E-state index in [0.717, 1.165) is 6.42 Å². The molecule has 1 rings (SSSR count). The van der Waals surface area contributed by atoms with E-state index in [0.29, 0.717) is 12.2 Å². The van der Waals surface area contributed by atoms with E-state index in [2.05, 4.69) is 6.92 Å². The Morgan fingerprint density at radius 2 is 1.87 bits per heavy atom. The van der Waals surface area contributed by atoms with E-state index in [4.69, 9.17) is 4.74 Å². The van der Waals surface area contributed by atoms with Crippen LogP contribution in [0.25, 0.3) is 0 Å². The Morgan fingerprint density at radius 3 is 2.40 bits per heavy atom. The molecule has 0 atom stereocenters. The van der Waals surface area contributed by atoms with E-state index in [-0.39, 0.29) is 29.6 Å². The van der Waals surface area contributed by atoms with Crippen LogP contribution < -0.4 is 4.74 Å². The van der Waals surface area contributed by atoms with Gasteiger partial charge in [0.25, 0.3) is 6.47 Å². The first-order valence-electron chi connectivity index (χ1n) is 5.06. The van der Waals surface area contributed by atoms with E-state index in [1.54, 1.807) is 0 Å². The zero-order valence-electron chi connectivity index (χ0n) is 8.53. The summed E-state index contributed by atoms with van der Waals surface area (Å²) >= 11 is 0. The number of rotatable bonds is 6. The molecule has 3 heteroatoms. The van der Waals surface area contributed by atoms with E-state index in [9.17, 15) is 4.79 Å². The molecule has 0 aliphatic heterocycles. The number of hydrogen-bond acceptors (Lipinski definition) is 2. The molecule has 1 aromatic rings. The molecule has 0 radical (unpaired) electrons. The van der Waals surface area contributed by atoms with Gasteiger partial charge < -0.3 is 4.74 Å². The summed E-state index contributed by atoms with van der Waals surface area (Å²) in [5.41, 5.74) is 1.30. The van der Waals surface area contributed by atoms with E-state index < -0.39 is 0 Å². The van der Waals surface area contributed by atoms with Crippen molar-refractivity contribution in [1.29, 1.82) is 0 Å². The number of hydrogen-bond donors (Lipinski definition) is 0. The third kappa shape index (κ3) is 5.98. The molecule has 0 fully saturated rings. The Hall–Kier alpha value is -0.310. The maximum absolute atomic E-state index is 10.0. The molecule has 0 aliphatic carbocycles. The van der Waals surface area contributed by atoms with Crippen LogP contribution in [0, 0.1) is 0 Å². The van der Waals surface area contributed by atoms with Crippen molar-refractivity contribution in [2.24, 2.45) is 0 Å². The molecule has 15 heavy (non-hydrogen) atoms. The molecule has 78 valence electrons. The first kappa shape index (κ1) is 14.7. The molecule has 0 heterocycles. The van der Waals surface area contributed by atoms with Gasteiger partial charge in [-0.05, 0) is 30.5 Å². The SMILES string of the molecule is CCCCCc1ccc(OC=O)cc1.[NaH]. The number of benzene rings is 1. The Morgan fingerprint density at radius 1 is 1.20 bits per heavy atom. The molecular weight excluding hydrogens is 199 g/mol. The van der Waals surface area contributed by atoms with Crippen molar-refractivity contribution in [3.8, 4) is 5.75 Å². The fourth-order valence-electron chi connectivity index (χ4n) is 1.37. The predicted molar refractivity (Wildman–Crippen MR) is 63.5 cm³/mol. The topological polar surface area (TPSA) is 26.3 Å². The van der Waals surface area contributed by atoms with Crippen LogP contribution in [0.5, 0.6) is 5.75 Å². The normalized spacial score (nSPS) is 9.13. The molecule has 0 unspecified atom stereocenters. The summed E-state index contributed by atoms with van der Waals surface area (Å²) in [7, 11) is 0. The summed E-state index contributed by atoms with van der Waals surface area (Å²) < 4.78 is 4.71. The van der Waals surface area contributed by atoms with Gasteiger partial charge in [0.2, 0.25) is 0 Å². The summed E-state index contributed by atoms with van der Waals surface area (Å²) in [4.78, 5) is 10.0. The zero-order valence-corrected chi connectivity index (χ0v) is 8.53. The molecular formula is C12H17NaO2. The number of ether oxygens (including phenoxy) is 1. The van der Waals surface area contributed by atoms with E-state index in [1.165, 1.54) is 24.8 Å². The molecule has 0 saturated carbocycles. The number of carbonyl (C=O) groups excluding carboxylic acids is 1. The third-order valence-electron chi connectivity index (χ3n) is 2.18. The van der Waals surface area contributed by atoms with Gasteiger partial charge in [-0.25, -0.2) is 0 Å². The average molecular weight is 216 g/mol. The molecule has 2 nitrogen and oxygen atoms in total. The van der Waals surface area contributed by atoms with Gasteiger partial charge in [0.1, 0.15) is 5.75 Å². The second-order valence-electron chi connectivity index (χ2n) is 3.32. The van der Waals surface area contributed by atoms with E-state index in [1.807, 2.05) is 24.3 Å². The standard InChI is InChI=1S/C12H16O2.Na.H/c1-2-3-4-5-11-6-8-12(9-7-11)14-10-13;;/h6-10H,2-5H2,1H3;;. The molecule has 0 aromatic heterocycles. The Balaban J connectivity index is 0.00000196. The third-order valence-corrected chi connectivity index (χ3v) is 2.18. The summed E-state index contributed by atoms with van der Waals surface area (Å²) in [5, 5.41) is 0. The van der Waals surface area contributed by atoms with Crippen molar-refractivity contribution in [2.45, 2.75) is 32.6 Å². The van der Waals surface area contributed by atoms with Crippen LogP contribution in [0.15, 0.2) is 24.3 Å². The second-order valence-corrected chi connectivity index (χ2v) is 3.32. The minimum absolute atomic E-state index is 0. The van der Waals surface area contributed by atoms with Gasteiger partial charge >= 0.3 is 29.6 Å². The van der Waals surface area contributed by atoms with Crippen LogP contribution in [-0.4, -0.2) is 36.0 Å². The van der Waals surface area contributed by atoms with Crippen molar-refractivity contribution >= 4 is 36.0 Å². The van der Waals surface area contributed by atoms with Gasteiger partial charge in [-0.2, -0.15) is 0 Å². The van der Waals surface area contributed by atoms with Crippen molar-refractivity contribution in [3.05, 3.63) is 29.8 Å². The Bertz CT molecular complexity index is 269. The van der Waals surface area contributed by atoms with Gasteiger partial charge in [-0.1, -0.05) is 31.9 Å². The van der Waals surface area contributed by atoms with Crippen LogP contribution >= 0.6 is 0 Å². The summed E-state index contributed by atoms with van der Waals surface area (Å²) in [6, 6.07) is 7.67. The Kier molecular flexibility index (Phi) is 8.77. The van der Waals surface area contributed by atoms with Crippen LogP contribution in [-0.2, 0) is 11.2 Å². The van der Waals surface area contributed by atoms with Gasteiger partial charge in [0, 0.05) is 0 Å². The van der Waals surface area contributed by atoms with Crippen molar-refractivity contribution in [2.75, 3.05) is 0 Å². The quantitative estimate of drug-likeness (QED) is 0.414. The van der Waals surface area contributed by atoms with Gasteiger partial charge in [-0.3, -0.25) is 4.79 Å². The second kappa shape index (κ2) is 8.96. The monoisotopic (exact) mass is 216 g/mol. The minimum atomic E-state index is 0. The molecule has 0 spiro atoms. The fraction of sp³-hybridized carbons (Fsp3) is 0.417. The number of unbranched alkanes of at least 4 members (excludes halogenated alkanes) is 2. The first-order chi connectivity index (χ1) is 6.86. The van der Waals surface area contributed by atoms with E-state index >= 15 is 0 Å². The molecule has 0 aliphatic rings. The molecule has 0 bridgehead atoms. The van der Waals surface area contributed by atoms with Crippen LogP contribution in [0.2, 0.25) is 0 Å². The predicted octanol–water partition coefficient (Wildman–Crippen LogP) is 2.31. The maximum atomic E-state index is 10.0. The molecule has 0 N–H and O–H groups in total. The number of carbonyl (C=O) groups is 1. The molecule has 1 aromatic carbocycles. The molecule has 0 amide bonds. The van der Waals surface area contributed by atoms with Gasteiger partial charge in [0.05, 0.1) is 0 Å². The zero-order chi connectivity index (χ0) is 10.2. The van der Waals surface area contributed by atoms with Crippen molar-refractivity contribution in [1.82, 2.24) is 0 Å². The summed E-state index contributed by atoms with van der Waals surface area (Å²) in [6.45, 7) is 2.65. The average Bonchev–Trinajstić information content (AvgIpc) is 2.21. The molecule has 0 saturated heterocycles. The van der Waals surface area contributed by atoms with Crippen molar-refractivity contribution in [3.63, 3.8) is 0 Å². The summed E-state index contributed by atoms with van der Waals surface area (Å²) in [6.07, 6.45) is 4.85. The fourth-order valence-corrected chi connectivity index (χ4v) is 1.37. The van der Waals surface area contributed by atoms with Crippen LogP contribution in [0.1, 0.15) is 31.7 Å². The van der Waals surface area contributed by atoms with Gasteiger partial charge in [0.15, 0.2) is 0 Å². The number of aryl methyl sites for hydroxylation is 1. The van der Waals surface area contributed by atoms with Crippen LogP contribution in [0.3, 0.4) is 0 Å². The summed E-state index contributed by atoms with van der Waals surface area (Å²) in [5.74, 6) is 0.610. The Labute approximate surface area is 113 Å². The van der Waals surface area contributed by atoms with Crippen molar-refractivity contribution < 1.29 is 9.53 Å². The van der Waals surface area contributed by atoms with Crippen LogP contribution in [0.4, 0.5) is 0 Å².